The molecule has 0 fully saturated rings. The molecule has 0 spiro atoms. The second kappa shape index (κ2) is 7.27. The van der Waals surface area contributed by atoms with Crippen molar-refractivity contribution in [2.45, 2.75) is 27.4 Å². The Morgan fingerprint density at radius 3 is 2.83 bits per heavy atom. The molecule has 2 aromatic heterocycles. The highest BCUT2D eigenvalue weighted by Gasteiger charge is 2.10. The fourth-order valence-electron chi connectivity index (χ4n) is 2.14. The van der Waals surface area contributed by atoms with E-state index >= 15 is 0 Å². The van der Waals surface area contributed by atoms with E-state index in [1.54, 1.807) is 6.21 Å². The number of aryl methyl sites for hydroxylation is 3. The molecule has 7 heteroatoms. The van der Waals surface area contributed by atoms with Crippen molar-refractivity contribution in [3.63, 3.8) is 0 Å². The van der Waals surface area contributed by atoms with E-state index in [-0.39, 0.29) is 0 Å². The Morgan fingerprint density at radius 2 is 2.12 bits per heavy atom. The predicted molar refractivity (Wildman–Crippen MR) is 94.8 cm³/mol. The zero-order valence-corrected chi connectivity index (χ0v) is 14.6. The van der Waals surface area contributed by atoms with Crippen LogP contribution in [0.2, 0.25) is 0 Å². The molecule has 0 aliphatic heterocycles. The SMILES string of the molecule is Cc1csc(NN=Cc2ccccc2OCc2c(C)noc2C)n1. The molecular weight excluding hydrogens is 324 g/mol. The molecule has 0 radical (unpaired) electrons. The molecule has 2 heterocycles. The molecular formula is C17H18N4O2S. The number of anilines is 1. The summed E-state index contributed by atoms with van der Waals surface area (Å²) in [5.41, 5.74) is 6.60. The Bertz CT molecular complexity index is 834. The highest BCUT2D eigenvalue weighted by atomic mass is 32.1. The molecule has 1 aromatic carbocycles. The summed E-state index contributed by atoms with van der Waals surface area (Å²) in [7, 11) is 0. The molecule has 0 saturated carbocycles. The van der Waals surface area contributed by atoms with Gasteiger partial charge in [0.2, 0.25) is 5.13 Å². The third kappa shape index (κ3) is 3.80. The van der Waals surface area contributed by atoms with Gasteiger partial charge in [0, 0.05) is 10.9 Å². The van der Waals surface area contributed by atoms with Crippen LogP contribution in [0.5, 0.6) is 5.75 Å². The van der Waals surface area contributed by atoms with Crippen LogP contribution in [0.25, 0.3) is 0 Å². The zero-order chi connectivity index (χ0) is 16.9. The number of aromatic nitrogens is 2. The summed E-state index contributed by atoms with van der Waals surface area (Å²) in [4.78, 5) is 4.30. The first-order chi connectivity index (χ1) is 11.6. The number of nitrogens with one attached hydrogen (secondary N) is 1. The Labute approximate surface area is 144 Å². The topological polar surface area (TPSA) is 72.5 Å². The standard InChI is InChI=1S/C17H18N4O2S/c1-11-10-24-17(19-11)20-18-8-14-6-4-5-7-16(14)22-9-15-12(2)21-23-13(15)3/h4-8,10H,9H2,1-3H3,(H,19,20). The summed E-state index contributed by atoms with van der Waals surface area (Å²) in [5, 5.41) is 10.9. The first-order valence-corrected chi connectivity index (χ1v) is 8.36. The number of hydrazone groups is 1. The van der Waals surface area contributed by atoms with Gasteiger partial charge in [-0.1, -0.05) is 17.3 Å². The van der Waals surface area contributed by atoms with E-state index in [0.717, 1.165) is 39.2 Å². The van der Waals surface area contributed by atoms with Gasteiger partial charge in [-0.05, 0) is 32.9 Å². The number of rotatable bonds is 6. The molecule has 3 aromatic rings. The van der Waals surface area contributed by atoms with E-state index in [0.29, 0.717) is 6.61 Å². The fraction of sp³-hybridized carbons (Fsp3) is 0.235. The third-order valence-corrected chi connectivity index (χ3v) is 4.32. The average Bonchev–Trinajstić information content (AvgIpc) is 3.13. The minimum Gasteiger partial charge on any atom is -0.488 e. The van der Waals surface area contributed by atoms with E-state index in [1.165, 1.54) is 11.3 Å². The molecule has 0 aliphatic carbocycles. The summed E-state index contributed by atoms with van der Waals surface area (Å²) < 4.78 is 11.1. The third-order valence-electron chi connectivity index (χ3n) is 3.46. The van der Waals surface area contributed by atoms with Crippen LogP contribution < -0.4 is 10.2 Å². The summed E-state index contributed by atoms with van der Waals surface area (Å²) in [6, 6.07) is 7.73. The van der Waals surface area contributed by atoms with Crippen molar-refractivity contribution in [1.82, 2.24) is 10.1 Å². The van der Waals surface area contributed by atoms with Gasteiger partial charge in [0.25, 0.3) is 0 Å². The Balaban J connectivity index is 1.68. The van der Waals surface area contributed by atoms with Gasteiger partial charge < -0.3 is 9.26 Å². The summed E-state index contributed by atoms with van der Waals surface area (Å²) in [5.74, 6) is 1.53. The second-order valence-corrected chi connectivity index (χ2v) is 6.15. The number of thiazole rings is 1. The van der Waals surface area contributed by atoms with Crippen LogP contribution in [0.3, 0.4) is 0 Å². The molecule has 0 amide bonds. The smallest absolute Gasteiger partial charge is 0.203 e. The molecule has 3 rings (SSSR count). The Kier molecular flexibility index (Phi) is 4.90. The lowest BCUT2D eigenvalue weighted by Gasteiger charge is -2.08. The van der Waals surface area contributed by atoms with Gasteiger partial charge in [-0.3, -0.25) is 5.43 Å². The molecule has 0 saturated heterocycles. The normalized spacial score (nSPS) is 11.1. The maximum atomic E-state index is 5.92. The van der Waals surface area contributed by atoms with Crippen molar-refractivity contribution in [3.05, 3.63) is 57.9 Å². The van der Waals surface area contributed by atoms with E-state index in [1.807, 2.05) is 50.4 Å². The lowest BCUT2D eigenvalue weighted by molar-refractivity contribution is 0.301. The fourth-order valence-corrected chi connectivity index (χ4v) is 2.78. The van der Waals surface area contributed by atoms with Crippen molar-refractivity contribution in [3.8, 4) is 5.75 Å². The first-order valence-electron chi connectivity index (χ1n) is 7.48. The quantitative estimate of drug-likeness (QED) is 0.540. The van der Waals surface area contributed by atoms with E-state index in [9.17, 15) is 0 Å². The molecule has 124 valence electrons. The zero-order valence-electron chi connectivity index (χ0n) is 13.7. The van der Waals surface area contributed by atoms with Gasteiger partial charge in [0.1, 0.15) is 18.1 Å². The second-order valence-electron chi connectivity index (χ2n) is 5.29. The first kappa shape index (κ1) is 16.2. The van der Waals surface area contributed by atoms with Crippen LogP contribution in [0.1, 0.15) is 28.3 Å². The van der Waals surface area contributed by atoms with Gasteiger partial charge >= 0.3 is 0 Å². The molecule has 0 aliphatic rings. The Morgan fingerprint density at radius 1 is 1.29 bits per heavy atom. The minimum absolute atomic E-state index is 0.408. The van der Waals surface area contributed by atoms with Gasteiger partial charge in [-0.2, -0.15) is 5.10 Å². The summed E-state index contributed by atoms with van der Waals surface area (Å²) in [6.45, 7) is 6.14. The van der Waals surface area contributed by atoms with Crippen LogP contribution in [-0.2, 0) is 6.61 Å². The van der Waals surface area contributed by atoms with E-state index in [2.05, 4.69) is 20.7 Å². The molecule has 0 atom stereocenters. The highest BCUT2D eigenvalue weighted by molar-refractivity contribution is 7.13. The number of nitrogens with zero attached hydrogens (tertiary/aromatic N) is 3. The largest absolute Gasteiger partial charge is 0.488 e. The van der Waals surface area contributed by atoms with Crippen molar-refractivity contribution in [2.24, 2.45) is 5.10 Å². The highest BCUT2D eigenvalue weighted by Crippen LogP contribution is 2.20. The van der Waals surface area contributed by atoms with Gasteiger partial charge in [-0.15, -0.1) is 11.3 Å². The number of ether oxygens (including phenoxy) is 1. The van der Waals surface area contributed by atoms with Crippen LogP contribution in [0.4, 0.5) is 5.13 Å². The van der Waals surface area contributed by atoms with Crippen molar-refractivity contribution in [1.29, 1.82) is 0 Å². The maximum Gasteiger partial charge on any atom is 0.203 e. The summed E-state index contributed by atoms with van der Waals surface area (Å²) >= 11 is 1.52. The van der Waals surface area contributed by atoms with Gasteiger partial charge in [-0.25, -0.2) is 4.98 Å². The number of hydrogen-bond donors (Lipinski definition) is 1. The molecule has 24 heavy (non-hydrogen) atoms. The van der Waals surface area contributed by atoms with Crippen LogP contribution >= 0.6 is 11.3 Å². The number of para-hydroxylation sites is 1. The van der Waals surface area contributed by atoms with Crippen molar-refractivity contribution in [2.75, 3.05) is 5.43 Å². The van der Waals surface area contributed by atoms with E-state index < -0.39 is 0 Å². The predicted octanol–water partition coefficient (Wildman–Crippen LogP) is 4.08. The maximum absolute atomic E-state index is 5.92. The van der Waals surface area contributed by atoms with E-state index in [4.69, 9.17) is 9.26 Å². The minimum atomic E-state index is 0.408. The average molecular weight is 342 g/mol. The van der Waals surface area contributed by atoms with Gasteiger partial charge in [0.05, 0.1) is 23.2 Å². The molecule has 6 nitrogen and oxygen atoms in total. The van der Waals surface area contributed by atoms with Crippen molar-refractivity contribution >= 4 is 22.7 Å². The molecule has 0 bridgehead atoms. The Hall–Kier alpha value is -2.67. The number of hydrogen-bond acceptors (Lipinski definition) is 7. The number of benzene rings is 1. The monoisotopic (exact) mass is 342 g/mol. The lowest BCUT2D eigenvalue weighted by Crippen LogP contribution is -2.00. The van der Waals surface area contributed by atoms with Crippen LogP contribution in [-0.4, -0.2) is 16.4 Å². The van der Waals surface area contributed by atoms with Crippen molar-refractivity contribution < 1.29 is 9.26 Å². The van der Waals surface area contributed by atoms with Crippen LogP contribution in [0.15, 0.2) is 39.3 Å². The van der Waals surface area contributed by atoms with Crippen LogP contribution in [0, 0.1) is 20.8 Å². The van der Waals surface area contributed by atoms with Gasteiger partial charge in [0.15, 0.2) is 0 Å². The summed E-state index contributed by atoms with van der Waals surface area (Å²) in [6.07, 6.45) is 1.72. The lowest BCUT2D eigenvalue weighted by atomic mass is 10.2. The molecule has 0 unspecified atom stereocenters. The molecule has 1 N–H and O–H groups in total.